The van der Waals surface area contributed by atoms with Gasteiger partial charge in [0.15, 0.2) is 0 Å². The van der Waals surface area contributed by atoms with Crippen molar-refractivity contribution >= 4 is 11.9 Å². The first-order valence-corrected chi connectivity index (χ1v) is 8.42. The van der Waals surface area contributed by atoms with Crippen LogP contribution in [0.3, 0.4) is 0 Å². The predicted octanol–water partition coefficient (Wildman–Crippen LogP) is 1.40. The molecule has 3 amide bonds. The van der Waals surface area contributed by atoms with Crippen LogP contribution in [0.2, 0.25) is 0 Å². The van der Waals surface area contributed by atoms with Crippen LogP contribution in [-0.4, -0.2) is 60.0 Å². The topological polar surface area (TPSA) is 78.7 Å². The van der Waals surface area contributed by atoms with Gasteiger partial charge in [-0.15, -0.1) is 0 Å². The minimum absolute atomic E-state index is 0.0169. The Balaban J connectivity index is 2.50. The third-order valence-electron chi connectivity index (χ3n) is 4.64. The van der Waals surface area contributed by atoms with E-state index in [9.17, 15) is 9.59 Å². The minimum atomic E-state index is -0.146. The van der Waals surface area contributed by atoms with Crippen molar-refractivity contribution in [3.8, 4) is 0 Å². The summed E-state index contributed by atoms with van der Waals surface area (Å²) in [6, 6.07) is -0.0169. The standard InChI is InChI=1S/C16H32N4O2/c1-5-7-16(4,6-2)18-15(22)20-10-8-19(9-11-20)14(21)13(3)12-17/h13H,5-12,17H2,1-4H3,(H,18,22). The van der Waals surface area contributed by atoms with Gasteiger partial charge in [0.1, 0.15) is 0 Å². The average Bonchev–Trinajstić information content (AvgIpc) is 2.53. The van der Waals surface area contributed by atoms with E-state index < -0.39 is 0 Å². The second-order valence-corrected chi connectivity index (χ2v) is 6.54. The summed E-state index contributed by atoms with van der Waals surface area (Å²) in [6.07, 6.45) is 2.94. The number of rotatable bonds is 6. The fourth-order valence-electron chi connectivity index (χ4n) is 2.76. The van der Waals surface area contributed by atoms with E-state index in [4.69, 9.17) is 5.73 Å². The predicted molar refractivity (Wildman–Crippen MR) is 88.5 cm³/mol. The molecule has 2 unspecified atom stereocenters. The number of amides is 3. The van der Waals surface area contributed by atoms with Crippen molar-refractivity contribution < 1.29 is 9.59 Å². The molecule has 2 atom stereocenters. The SMILES string of the molecule is CCCC(C)(CC)NC(=O)N1CCN(C(=O)C(C)CN)CC1. The lowest BCUT2D eigenvalue weighted by atomic mass is 9.93. The van der Waals surface area contributed by atoms with Gasteiger partial charge in [0.05, 0.1) is 0 Å². The van der Waals surface area contributed by atoms with Crippen LogP contribution >= 0.6 is 0 Å². The second-order valence-electron chi connectivity index (χ2n) is 6.54. The lowest BCUT2D eigenvalue weighted by Crippen LogP contribution is -2.57. The summed E-state index contributed by atoms with van der Waals surface area (Å²) in [5.41, 5.74) is 5.40. The summed E-state index contributed by atoms with van der Waals surface area (Å²) in [7, 11) is 0. The highest BCUT2D eigenvalue weighted by Crippen LogP contribution is 2.17. The molecule has 0 aromatic rings. The normalized spacial score (nSPS) is 19.5. The Morgan fingerprint density at radius 1 is 1.18 bits per heavy atom. The summed E-state index contributed by atoms with van der Waals surface area (Å²) >= 11 is 0. The number of hydrogen-bond acceptors (Lipinski definition) is 3. The largest absolute Gasteiger partial charge is 0.339 e. The van der Waals surface area contributed by atoms with E-state index in [1.54, 1.807) is 4.90 Å². The molecule has 0 saturated carbocycles. The highest BCUT2D eigenvalue weighted by molar-refractivity contribution is 5.79. The molecular weight excluding hydrogens is 280 g/mol. The van der Waals surface area contributed by atoms with Crippen molar-refractivity contribution in [2.24, 2.45) is 11.7 Å². The molecule has 22 heavy (non-hydrogen) atoms. The number of hydrogen-bond donors (Lipinski definition) is 2. The van der Waals surface area contributed by atoms with E-state index in [2.05, 4.69) is 26.1 Å². The van der Waals surface area contributed by atoms with Crippen LogP contribution in [0.25, 0.3) is 0 Å². The zero-order valence-corrected chi connectivity index (χ0v) is 14.5. The van der Waals surface area contributed by atoms with Crippen LogP contribution in [0.15, 0.2) is 0 Å². The molecule has 1 fully saturated rings. The second kappa shape index (κ2) is 8.36. The number of nitrogens with one attached hydrogen (secondary N) is 1. The van der Waals surface area contributed by atoms with E-state index in [-0.39, 0.29) is 23.4 Å². The molecule has 0 radical (unpaired) electrons. The molecule has 0 aliphatic carbocycles. The number of carbonyl (C=O) groups excluding carboxylic acids is 2. The van der Waals surface area contributed by atoms with Gasteiger partial charge in [0, 0.05) is 44.2 Å². The van der Waals surface area contributed by atoms with Crippen LogP contribution in [0.4, 0.5) is 4.79 Å². The van der Waals surface area contributed by atoms with Crippen molar-refractivity contribution in [2.75, 3.05) is 32.7 Å². The van der Waals surface area contributed by atoms with Crippen LogP contribution in [0.5, 0.6) is 0 Å². The van der Waals surface area contributed by atoms with Gasteiger partial charge in [0.2, 0.25) is 5.91 Å². The van der Waals surface area contributed by atoms with Crippen LogP contribution in [0, 0.1) is 5.92 Å². The quantitative estimate of drug-likeness (QED) is 0.778. The van der Waals surface area contributed by atoms with E-state index in [0.717, 1.165) is 19.3 Å². The Hall–Kier alpha value is -1.30. The lowest BCUT2D eigenvalue weighted by molar-refractivity contribution is -0.136. The molecule has 1 heterocycles. The van der Waals surface area contributed by atoms with Gasteiger partial charge < -0.3 is 20.9 Å². The van der Waals surface area contributed by atoms with Crippen molar-refractivity contribution in [1.82, 2.24) is 15.1 Å². The molecule has 6 heteroatoms. The Bertz CT molecular complexity index is 380. The Morgan fingerprint density at radius 3 is 2.18 bits per heavy atom. The van der Waals surface area contributed by atoms with E-state index in [1.807, 2.05) is 11.8 Å². The summed E-state index contributed by atoms with van der Waals surface area (Å²) in [4.78, 5) is 28.1. The number of piperazine rings is 1. The van der Waals surface area contributed by atoms with Crippen LogP contribution in [0.1, 0.15) is 47.0 Å². The summed E-state index contributed by atoms with van der Waals surface area (Å²) < 4.78 is 0. The summed E-state index contributed by atoms with van der Waals surface area (Å²) in [6.45, 7) is 10.9. The van der Waals surface area contributed by atoms with Gasteiger partial charge in [-0.2, -0.15) is 0 Å². The van der Waals surface area contributed by atoms with Gasteiger partial charge in [0.25, 0.3) is 0 Å². The Kier molecular flexibility index (Phi) is 7.13. The van der Waals surface area contributed by atoms with Crippen molar-refractivity contribution in [3.05, 3.63) is 0 Å². The molecular formula is C16H32N4O2. The molecule has 128 valence electrons. The summed E-state index contributed by atoms with van der Waals surface area (Å²) in [5.74, 6) is -0.0553. The van der Waals surface area contributed by atoms with Crippen molar-refractivity contribution in [3.63, 3.8) is 0 Å². The smallest absolute Gasteiger partial charge is 0.317 e. The maximum Gasteiger partial charge on any atom is 0.317 e. The third-order valence-corrected chi connectivity index (χ3v) is 4.64. The zero-order valence-electron chi connectivity index (χ0n) is 14.5. The van der Waals surface area contributed by atoms with E-state index in [1.165, 1.54) is 0 Å². The molecule has 0 aromatic carbocycles. The van der Waals surface area contributed by atoms with Crippen molar-refractivity contribution in [1.29, 1.82) is 0 Å². The average molecular weight is 312 g/mol. The highest BCUT2D eigenvalue weighted by atomic mass is 16.2. The third kappa shape index (κ3) is 4.87. The van der Waals surface area contributed by atoms with Gasteiger partial charge in [-0.1, -0.05) is 27.2 Å². The molecule has 0 aromatic heterocycles. The maximum atomic E-state index is 12.4. The number of urea groups is 1. The molecule has 0 spiro atoms. The molecule has 1 aliphatic heterocycles. The van der Waals surface area contributed by atoms with Gasteiger partial charge >= 0.3 is 6.03 Å². The molecule has 1 aliphatic rings. The lowest BCUT2D eigenvalue weighted by Gasteiger charge is -2.38. The highest BCUT2D eigenvalue weighted by Gasteiger charge is 2.29. The van der Waals surface area contributed by atoms with Gasteiger partial charge in [-0.3, -0.25) is 4.79 Å². The fourth-order valence-corrected chi connectivity index (χ4v) is 2.76. The zero-order chi connectivity index (χ0) is 16.8. The van der Waals surface area contributed by atoms with Crippen LogP contribution < -0.4 is 11.1 Å². The Morgan fingerprint density at radius 2 is 1.73 bits per heavy atom. The van der Waals surface area contributed by atoms with Gasteiger partial charge in [-0.25, -0.2) is 4.79 Å². The van der Waals surface area contributed by atoms with Crippen LogP contribution in [-0.2, 0) is 4.79 Å². The molecule has 0 bridgehead atoms. The number of nitrogens with two attached hydrogens (primary N) is 1. The molecule has 1 saturated heterocycles. The maximum absolute atomic E-state index is 12.4. The molecule has 3 N–H and O–H groups in total. The minimum Gasteiger partial charge on any atom is -0.339 e. The monoisotopic (exact) mass is 312 g/mol. The number of nitrogens with zero attached hydrogens (tertiary/aromatic N) is 2. The first-order chi connectivity index (χ1) is 10.4. The first kappa shape index (κ1) is 18.7. The molecule has 6 nitrogen and oxygen atoms in total. The van der Waals surface area contributed by atoms with Crippen molar-refractivity contribution in [2.45, 2.75) is 52.5 Å². The van der Waals surface area contributed by atoms with E-state index in [0.29, 0.717) is 32.7 Å². The summed E-state index contributed by atoms with van der Waals surface area (Å²) in [5, 5.41) is 3.16. The fraction of sp³-hybridized carbons (Fsp3) is 0.875. The Labute approximate surface area is 134 Å². The van der Waals surface area contributed by atoms with E-state index >= 15 is 0 Å². The number of carbonyl (C=O) groups is 2. The molecule has 1 rings (SSSR count). The van der Waals surface area contributed by atoms with Gasteiger partial charge in [-0.05, 0) is 19.8 Å². The first-order valence-electron chi connectivity index (χ1n) is 8.42.